The Morgan fingerprint density at radius 2 is 2.04 bits per heavy atom. The maximum atomic E-state index is 12.1. The van der Waals surface area contributed by atoms with Crippen molar-refractivity contribution in [1.29, 1.82) is 5.26 Å². The number of methoxy groups -OCH3 is 1. The standard InChI is InChI=1S/C18H23N5O2/c1-13-17(14(2)23(22-13)10-11-25-3)12-20-18(24)21-16-6-4-15(5-7-16)8-9-19/h4-7H,8,10-12H2,1-3H3,(H2,20,21,24). The first-order valence-corrected chi connectivity index (χ1v) is 8.07. The number of urea groups is 1. The normalized spacial score (nSPS) is 10.3. The number of hydrogen-bond donors (Lipinski definition) is 2. The van der Waals surface area contributed by atoms with Crippen LogP contribution in [0.3, 0.4) is 0 Å². The summed E-state index contributed by atoms with van der Waals surface area (Å²) in [5.74, 6) is 0. The highest BCUT2D eigenvalue weighted by Gasteiger charge is 2.12. The molecule has 0 atom stereocenters. The summed E-state index contributed by atoms with van der Waals surface area (Å²) in [5.41, 5.74) is 4.53. The molecule has 2 N–H and O–H groups in total. The van der Waals surface area contributed by atoms with Gasteiger partial charge in [0.15, 0.2) is 0 Å². The van der Waals surface area contributed by atoms with Crippen LogP contribution in [0.15, 0.2) is 24.3 Å². The minimum Gasteiger partial charge on any atom is -0.383 e. The lowest BCUT2D eigenvalue weighted by Crippen LogP contribution is -2.28. The number of hydrogen-bond acceptors (Lipinski definition) is 4. The Hall–Kier alpha value is -2.85. The molecule has 0 fully saturated rings. The number of nitriles is 1. The van der Waals surface area contributed by atoms with E-state index in [9.17, 15) is 4.79 Å². The number of nitrogens with zero attached hydrogens (tertiary/aromatic N) is 3. The maximum absolute atomic E-state index is 12.1. The van der Waals surface area contributed by atoms with E-state index in [1.165, 1.54) is 0 Å². The number of aryl methyl sites for hydroxylation is 1. The Morgan fingerprint density at radius 1 is 1.32 bits per heavy atom. The van der Waals surface area contributed by atoms with Crippen LogP contribution in [0, 0.1) is 25.2 Å². The summed E-state index contributed by atoms with van der Waals surface area (Å²) in [4.78, 5) is 12.1. The van der Waals surface area contributed by atoms with Crippen molar-refractivity contribution in [3.05, 3.63) is 46.8 Å². The fourth-order valence-corrected chi connectivity index (χ4v) is 2.53. The number of rotatable bonds is 7. The van der Waals surface area contributed by atoms with E-state index < -0.39 is 0 Å². The van der Waals surface area contributed by atoms with Crippen LogP contribution in [0.2, 0.25) is 0 Å². The van der Waals surface area contributed by atoms with Gasteiger partial charge in [0, 0.05) is 30.6 Å². The predicted molar refractivity (Wildman–Crippen MR) is 95.2 cm³/mol. The van der Waals surface area contributed by atoms with Gasteiger partial charge in [-0.2, -0.15) is 10.4 Å². The SMILES string of the molecule is COCCn1nc(C)c(CNC(=O)Nc2ccc(CC#N)cc2)c1C. The Balaban J connectivity index is 1.91. The molecule has 2 rings (SSSR count). The molecule has 2 aromatic rings. The number of carbonyl (C=O) groups is 1. The lowest BCUT2D eigenvalue weighted by atomic mass is 10.1. The molecule has 7 nitrogen and oxygen atoms in total. The average molecular weight is 341 g/mol. The van der Waals surface area contributed by atoms with Gasteiger partial charge >= 0.3 is 6.03 Å². The largest absolute Gasteiger partial charge is 0.383 e. The Kier molecular flexibility index (Phi) is 6.54. The summed E-state index contributed by atoms with van der Waals surface area (Å²) in [7, 11) is 1.66. The highest BCUT2D eigenvalue weighted by atomic mass is 16.5. The molecule has 25 heavy (non-hydrogen) atoms. The summed E-state index contributed by atoms with van der Waals surface area (Å²) in [6, 6.07) is 9.03. The van der Waals surface area contributed by atoms with E-state index in [1.54, 1.807) is 19.2 Å². The zero-order chi connectivity index (χ0) is 18.2. The summed E-state index contributed by atoms with van der Waals surface area (Å²) in [6.45, 7) is 5.60. The van der Waals surface area contributed by atoms with Crippen molar-refractivity contribution in [1.82, 2.24) is 15.1 Å². The minimum atomic E-state index is -0.281. The fraction of sp³-hybridized carbons (Fsp3) is 0.389. The molecule has 1 heterocycles. The fourth-order valence-electron chi connectivity index (χ4n) is 2.53. The highest BCUT2D eigenvalue weighted by Crippen LogP contribution is 2.13. The van der Waals surface area contributed by atoms with Gasteiger partial charge in [-0.3, -0.25) is 4.68 Å². The number of benzene rings is 1. The second kappa shape index (κ2) is 8.85. The quantitative estimate of drug-likeness (QED) is 0.809. The zero-order valence-electron chi connectivity index (χ0n) is 14.8. The number of ether oxygens (including phenoxy) is 1. The van der Waals surface area contributed by atoms with Crippen molar-refractivity contribution >= 4 is 11.7 Å². The van der Waals surface area contributed by atoms with Gasteiger partial charge in [-0.05, 0) is 31.5 Å². The molecule has 7 heteroatoms. The highest BCUT2D eigenvalue weighted by molar-refractivity contribution is 5.89. The Labute approximate surface area is 147 Å². The van der Waals surface area contributed by atoms with Gasteiger partial charge < -0.3 is 15.4 Å². The first-order valence-electron chi connectivity index (χ1n) is 8.07. The summed E-state index contributed by atoms with van der Waals surface area (Å²) in [6.07, 6.45) is 0.359. The van der Waals surface area contributed by atoms with Gasteiger partial charge in [0.05, 0.1) is 31.3 Å². The first kappa shape index (κ1) is 18.5. The van der Waals surface area contributed by atoms with Crippen LogP contribution < -0.4 is 10.6 Å². The number of amides is 2. The second-order valence-corrected chi connectivity index (χ2v) is 5.70. The number of nitrogens with one attached hydrogen (secondary N) is 2. The van der Waals surface area contributed by atoms with Crippen molar-refractivity contribution < 1.29 is 9.53 Å². The summed E-state index contributed by atoms with van der Waals surface area (Å²) in [5, 5.41) is 18.8. The van der Waals surface area contributed by atoms with Crippen molar-refractivity contribution in [2.45, 2.75) is 33.4 Å². The Morgan fingerprint density at radius 3 is 2.68 bits per heavy atom. The molecule has 0 aliphatic heterocycles. The van der Waals surface area contributed by atoms with E-state index in [1.807, 2.05) is 30.7 Å². The van der Waals surface area contributed by atoms with Gasteiger partial charge in [-0.1, -0.05) is 12.1 Å². The lowest BCUT2D eigenvalue weighted by molar-refractivity contribution is 0.182. The van der Waals surface area contributed by atoms with Crippen LogP contribution >= 0.6 is 0 Å². The van der Waals surface area contributed by atoms with Crippen LogP contribution in [0.25, 0.3) is 0 Å². The molecule has 0 bridgehead atoms. The van der Waals surface area contributed by atoms with E-state index >= 15 is 0 Å². The van der Waals surface area contributed by atoms with E-state index in [4.69, 9.17) is 10.00 Å². The van der Waals surface area contributed by atoms with Gasteiger partial charge in [0.1, 0.15) is 0 Å². The summed E-state index contributed by atoms with van der Waals surface area (Å²) < 4.78 is 6.97. The van der Waals surface area contributed by atoms with Gasteiger partial charge in [0.2, 0.25) is 0 Å². The van der Waals surface area contributed by atoms with Crippen LogP contribution in [-0.4, -0.2) is 29.5 Å². The topological polar surface area (TPSA) is 92.0 Å². The Bertz CT molecular complexity index is 759. The van der Waals surface area contributed by atoms with Crippen molar-refractivity contribution in [3.63, 3.8) is 0 Å². The molecule has 1 aromatic heterocycles. The van der Waals surface area contributed by atoms with Crippen molar-refractivity contribution in [2.75, 3.05) is 19.0 Å². The molecule has 0 aliphatic rings. The molecular weight excluding hydrogens is 318 g/mol. The zero-order valence-corrected chi connectivity index (χ0v) is 14.8. The molecule has 1 aromatic carbocycles. The number of anilines is 1. The maximum Gasteiger partial charge on any atom is 0.319 e. The third-order valence-corrected chi connectivity index (χ3v) is 3.96. The average Bonchev–Trinajstić information content (AvgIpc) is 2.86. The molecule has 2 amide bonds. The van der Waals surface area contributed by atoms with Gasteiger partial charge in [-0.25, -0.2) is 4.79 Å². The van der Waals surface area contributed by atoms with Gasteiger partial charge in [-0.15, -0.1) is 0 Å². The second-order valence-electron chi connectivity index (χ2n) is 5.70. The molecule has 0 saturated heterocycles. The van der Waals surface area contributed by atoms with Crippen LogP contribution in [0.4, 0.5) is 10.5 Å². The van der Waals surface area contributed by atoms with E-state index in [-0.39, 0.29) is 6.03 Å². The smallest absolute Gasteiger partial charge is 0.319 e. The number of carbonyl (C=O) groups excluding carboxylic acids is 1. The van der Waals surface area contributed by atoms with E-state index in [0.29, 0.717) is 31.8 Å². The lowest BCUT2D eigenvalue weighted by Gasteiger charge is -2.09. The third kappa shape index (κ3) is 5.06. The molecule has 0 saturated carbocycles. The van der Waals surface area contributed by atoms with Crippen molar-refractivity contribution in [3.8, 4) is 6.07 Å². The van der Waals surface area contributed by atoms with Crippen LogP contribution in [-0.2, 0) is 24.2 Å². The molecule has 0 radical (unpaired) electrons. The minimum absolute atomic E-state index is 0.281. The van der Waals surface area contributed by atoms with Crippen molar-refractivity contribution in [2.24, 2.45) is 0 Å². The molecule has 132 valence electrons. The van der Waals surface area contributed by atoms with E-state index in [2.05, 4.69) is 21.8 Å². The third-order valence-electron chi connectivity index (χ3n) is 3.96. The first-order chi connectivity index (χ1) is 12.0. The monoisotopic (exact) mass is 341 g/mol. The van der Waals surface area contributed by atoms with Crippen LogP contribution in [0.1, 0.15) is 22.5 Å². The van der Waals surface area contributed by atoms with Gasteiger partial charge in [0.25, 0.3) is 0 Å². The molecule has 0 unspecified atom stereocenters. The van der Waals surface area contributed by atoms with E-state index in [0.717, 1.165) is 22.5 Å². The molecule has 0 aliphatic carbocycles. The molecular formula is C18H23N5O2. The molecule has 0 spiro atoms. The predicted octanol–water partition coefficient (Wildman–Crippen LogP) is 2.53. The summed E-state index contributed by atoms with van der Waals surface area (Å²) >= 11 is 0. The number of aromatic nitrogens is 2. The van der Waals surface area contributed by atoms with Crippen LogP contribution in [0.5, 0.6) is 0 Å².